The molecule has 0 saturated carbocycles. The molecule has 3 nitrogen and oxygen atoms in total. The third kappa shape index (κ3) is 3.27. The van der Waals surface area contributed by atoms with Crippen LogP contribution in [0.3, 0.4) is 0 Å². The van der Waals surface area contributed by atoms with Gasteiger partial charge in [0, 0.05) is 29.0 Å². The number of likely N-dealkylation sites (N-methyl/N-ethyl adjacent to an activating group) is 1. The van der Waals surface area contributed by atoms with Gasteiger partial charge in [0.05, 0.1) is 0 Å². The summed E-state index contributed by atoms with van der Waals surface area (Å²) in [5.74, 6) is 1.06. The molecule has 1 N–H and O–H groups in total. The Balaban J connectivity index is 1.90. The van der Waals surface area contributed by atoms with Gasteiger partial charge in [-0.1, -0.05) is 22.9 Å². The van der Waals surface area contributed by atoms with Gasteiger partial charge in [-0.3, -0.25) is 0 Å². The Morgan fingerprint density at radius 2 is 2.33 bits per heavy atom. The minimum absolute atomic E-state index is 0.0146. The van der Waals surface area contributed by atoms with Gasteiger partial charge in [-0.2, -0.15) is 0 Å². The maximum atomic E-state index is 6.49. The van der Waals surface area contributed by atoms with Crippen LogP contribution in [0.2, 0.25) is 0 Å². The van der Waals surface area contributed by atoms with Crippen molar-refractivity contribution in [3.63, 3.8) is 0 Å². The normalized spacial score (nSPS) is 29.2. The Morgan fingerprint density at radius 1 is 1.48 bits per heavy atom. The van der Waals surface area contributed by atoms with E-state index in [2.05, 4.69) is 58.3 Å². The minimum Gasteiger partial charge on any atom is -0.486 e. The largest absolute Gasteiger partial charge is 0.486 e. The highest BCUT2D eigenvalue weighted by Gasteiger charge is 2.43. The van der Waals surface area contributed by atoms with Crippen molar-refractivity contribution in [2.45, 2.75) is 44.2 Å². The second-order valence-corrected chi connectivity index (χ2v) is 7.44. The minimum atomic E-state index is -0.0146. The van der Waals surface area contributed by atoms with Crippen LogP contribution in [-0.4, -0.2) is 37.2 Å². The third-order valence-corrected chi connectivity index (χ3v) is 5.11. The highest BCUT2D eigenvalue weighted by atomic mass is 79.9. The predicted molar refractivity (Wildman–Crippen MR) is 89.9 cm³/mol. The molecular formula is C17H25BrN2O. The van der Waals surface area contributed by atoms with Crippen molar-refractivity contribution in [3.05, 3.63) is 28.2 Å². The van der Waals surface area contributed by atoms with Crippen LogP contribution in [0.5, 0.6) is 5.75 Å². The Bertz CT molecular complexity index is 508. The van der Waals surface area contributed by atoms with Gasteiger partial charge in [-0.05, 0) is 57.6 Å². The first-order valence-electron chi connectivity index (χ1n) is 8.02. The van der Waals surface area contributed by atoms with Gasteiger partial charge in [0.1, 0.15) is 11.4 Å². The van der Waals surface area contributed by atoms with Gasteiger partial charge >= 0.3 is 0 Å². The zero-order valence-corrected chi connectivity index (χ0v) is 14.6. The average molecular weight is 353 g/mol. The average Bonchev–Trinajstić information content (AvgIpc) is 2.45. The molecule has 0 bridgehead atoms. The molecule has 2 atom stereocenters. The molecular weight excluding hydrogens is 328 g/mol. The molecule has 1 aromatic rings. The van der Waals surface area contributed by atoms with Crippen LogP contribution >= 0.6 is 15.9 Å². The van der Waals surface area contributed by atoms with E-state index in [1.165, 1.54) is 18.5 Å². The first kappa shape index (κ1) is 15.3. The van der Waals surface area contributed by atoms with Crippen molar-refractivity contribution >= 4 is 15.9 Å². The predicted octanol–water partition coefficient (Wildman–Crippen LogP) is 3.74. The van der Waals surface area contributed by atoms with Crippen molar-refractivity contribution in [1.82, 2.24) is 10.2 Å². The molecule has 0 amide bonds. The van der Waals surface area contributed by atoms with Crippen LogP contribution in [0.1, 0.15) is 44.2 Å². The van der Waals surface area contributed by atoms with Crippen LogP contribution in [0.25, 0.3) is 0 Å². The molecule has 1 spiro atoms. The van der Waals surface area contributed by atoms with Crippen molar-refractivity contribution < 1.29 is 4.74 Å². The van der Waals surface area contributed by atoms with Crippen molar-refractivity contribution in [3.8, 4) is 5.75 Å². The highest BCUT2D eigenvalue weighted by Crippen LogP contribution is 2.44. The number of nitrogens with zero attached hydrogens (tertiary/aromatic N) is 1. The molecule has 0 aliphatic carbocycles. The summed E-state index contributed by atoms with van der Waals surface area (Å²) in [4.78, 5) is 2.41. The van der Waals surface area contributed by atoms with Crippen LogP contribution < -0.4 is 10.1 Å². The smallest absolute Gasteiger partial charge is 0.125 e. The number of fused-ring (bicyclic) bond motifs is 1. The SMILES string of the molecule is CCCNC1CC2(CCCN(C)C2)Oc2ccc(Br)cc21. The highest BCUT2D eigenvalue weighted by molar-refractivity contribution is 9.10. The summed E-state index contributed by atoms with van der Waals surface area (Å²) < 4.78 is 7.62. The molecule has 4 heteroatoms. The lowest BCUT2D eigenvalue weighted by atomic mass is 9.81. The van der Waals surface area contributed by atoms with Gasteiger partial charge in [-0.25, -0.2) is 0 Å². The van der Waals surface area contributed by atoms with E-state index in [4.69, 9.17) is 4.74 Å². The summed E-state index contributed by atoms with van der Waals surface area (Å²) in [6.45, 7) is 5.50. The molecule has 1 saturated heterocycles. The maximum Gasteiger partial charge on any atom is 0.125 e. The van der Waals surface area contributed by atoms with E-state index in [1.807, 2.05) is 0 Å². The monoisotopic (exact) mass is 352 g/mol. The first-order chi connectivity index (χ1) is 10.1. The third-order valence-electron chi connectivity index (χ3n) is 4.62. The number of hydrogen-bond donors (Lipinski definition) is 1. The van der Waals surface area contributed by atoms with Gasteiger partial charge in [-0.15, -0.1) is 0 Å². The summed E-state index contributed by atoms with van der Waals surface area (Å²) in [6, 6.07) is 6.82. The summed E-state index contributed by atoms with van der Waals surface area (Å²) in [7, 11) is 2.20. The lowest BCUT2D eigenvalue weighted by Gasteiger charge is -2.47. The van der Waals surface area contributed by atoms with E-state index in [0.717, 1.165) is 42.6 Å². The molecule has 21 heavy (non-hydrogen) atoms. The van der Waals surface area contributed by atoms with Gasteiger partial charge in [0.15, 0.2) is 0 Å². The van der Waals surface area contributed by atoms with E-state index < -0.39 is 0 Å². The number of piperidine rings is 1. The molecule has 1 fully saturated rings. The van der Waals surface area contributed by atoms with Crippen LogP contribution in [0, 0.1) is 0 Å². The molecule has 2 unspecified atom stereocenters. The number of rotatable bonds is 3. The maximum absolute atomic E-state index is 6.49. The molecule has 1 aromatic carbocycles. The molecule has 0 radical (unpaired) electrons. The van der Waals surface area contributed by atoms with E-state index in [9.17, 15) is 0 Å². The van der Waals surface area contributed by atoms with Crippen LogP contribution in [0.15, 0.2) is 22.7 Å². The molecule has 0 aromatic heterocycles. The Kier molecular flexibility index (Phi) is 4.57. The summed E-state index contributed by atoms with van der Waals surface area (Å²) in [6.07, 6.45) is 4.62. The quantitative estimate of drug-likeness (QED) is 0.896. The number of ether oxygens (including phenoxy) is 1. The zero-order chi connectivity index (χ0) is 14.9. The molecule has 116 valence electrons. The summed E-state index contributed by atoms with van der Waals surface area (Å²) >= 11 is 3.59. The lowest BCUT2D eigenvalue weighted by Crippen LogP contribution is -2.54. The first-order valence-corrected chi connectivity index (χ1v) is 8.81. The second kappa shape index (κ2) is 6.27. The summed E-state index contributed by atoms with van der Waals surface area (Å²) in [5.41, 5.74) is 1.29. The number of likely N-dealkylation sites (tertiary alicyclic amines) is 1. The summed E-state index contributed by atoms with van der Waals surface area (Å²) in [5, 5.41) is 3.72. The number of nitrogens with one attached hydrogen (secondary N) is 1. The van der Waals surface area contributed by atoms with E-state index >= 15 is 0 Å². The van der Waals surface area contributed by atoms with Crippen LogP contribution in [0.4, 0.5) is 0 Å². The van der Waals surface area contributed by atoms with Gasteiger partial charge in [0.25, 0.3) is 0 Å². The second-order valence-electron chi connectivity index (χ2n) is 6.52. The van der Waals surface area contributed by atoms with Crippen molar-refractivity contribution in [2.24, 2.45) is 0 Å². The lowest BCUT2D eigenvalue weighted by molar-refractivity contribution is -0.0270. The Labute approximate surface area is 136 Å². The standard InChI is InChI=1S/C17H25BrN2O/c1-3-8-19-15-11-17(7-4-9-20(2)12-17)21-16-6-5-13(18)10-14(15)16/h5-6,10,15,19H,3-4,7-9,11-12H2,1-2H3. The van der Waals surface area contributed by atoms with Gasteiger partial charge in [0.2, 0.25) is 0 Å². The molecule has 2 aliphatic heterocycles. The topological polar surface area (TPSA) is 24.5 Å². The molecule has 2 aliphatic rings. The van der Waals surface area contributed by atoms with Crippen molar-refractivity contribution in [1.29, 1.82) is 0 Å². The van der Waals surface area contributed by atoms with E-state index in [0.29, 0.717) is 6.04 Å². The number of hydrogen-bond acceptors (Lipinski definition) is 3. The Hall–Kier alpha value is -0.580. The zero-order valence-electron chi connectivity index (χ0n) is 13.0. The molecule has 2 heterocycles. The fourth-order valence-corrected chi connectivity index (χ4v) is 4.09. The van der Waals surface area contributed by atoms with E-state index in [1.54, 1.807) is 0 Å². The fourth-order valence-electron chi connectivity index (χ4n) is 3.71. The van der Waals surface area contributed by atoms with Crippen molar-refractivity contribution in [2.75, 3.05) is 26.7 Å². The van der Waals surface area contributed by atoms with Crippen LogP contribution in [-0.2, 0) is 0 Å². The number of benzene rings is 1. The fraction of sp³-hybridized carbons (Fsp3) is 0.647. The number of halogens is 1. The molecule has 3 rings (SSSR count). The Morgan fingerprint density at radius 3 is 3.10 bits per heavy atom. The van der Waals surface area contributed by atoms with Gasteiger partial charge < -0.3 is 15.0 Å². The van der Waals surface area contributed by atoms with E-state index in [-0.39, 0.29) is 5.60 Å².